The third-order valence-electron chi connectivity index (χ3n) is 4.70. The molecule has 1 atom stereocenters. The Morgan fingerprint density at radius 2 is 2.04 bits per heavy atom. The predicted molar refractivity (Wildman–Crippen MR) is 87.6 cm³/mol. The number of aryl methyl sites for hydroxylation is 1. The van der Waals surface area contributed by atoms with Gasteiger partial charge in [-0.05, 0) is 25.3 Å². The summed E-state index contributed by atoms with van der Waals surface area (Å²) in [5.74, 6) is 1.20. The Bertz CT molecular complexity index is 769. The van der Waals surface area contributed by atoms with Crippen LogP contribution in [0.5, 0.6) is 0 Å². The van der Waals surface area contributed by atoms with Crippen molar-refractivity contribution in [2.45, 2.75) is 44.4 Å². The Hall–Kier alpha value is -2.32. The van der Waals surface area contributed by atoms with Crippen molar-refractivity contribution in [3.8, 4) is 0 Å². The molecule has 0 bridgehead atoms. The van der Waals surface area contributed by atoms with Crippen LogP contribution in [0.15, 0.2) is 18.5 Å². The van der Waals surface area contributed by atoms with Gasteiger partial charge in [-0.1, -0.05) is 0 Å². The minimum atomic E-state index is -0.994. The van der Waals surface area contributed by atoms with E-state index in [0.717, 1.165) is 30.8 Å². The maximum atomic E-state index is 12.8. The summed E-state index contributed by atoms with van der Waals surface area (Å²) < 4.78 is 1.80. The van der Waals surface area contributed by atoms with Gasteiger partial charge in [0.15, 0.2) is 0 Å². The maximum Gasteiger partial charge on any atom is 0.257 e. The molecule has 1 saturated carbocycles. The summed E-state index contributed by atoms with van der Waals surface area (Å²) >= 11 is 0. The van der Waals surface area contributed by atoms with Crippen molar-refractivity contribution in [3.05, 3.63) is 41.2 Å². The van der Waals surface area contributed by atoms with Crippen molar-refractivity contribution in [1.82, 2.24) is 24.6 Å². The molecule has 8 heteroatoms. The molecule has 0 radical (unpaired) electrons. The topological polar surface area (TPSA) is 104 Å². The van der Waals surface area contributed by atoms with Gasteiger partial charge in [0.05, 0.1) is 30.1 Å². The zero-order chi connectivity index (χ0) is 17.4. The Morgan fingerprint density at radius 1 is 1.28 bits per heavy atom. The lowest BCUT2D eigenvalue weighted by molar-refractivity contribution is 0.0744. The van der Waals surface area contributed by atoms with Crippen LogP contribution in [0.25, 0.3) is 0 Å². The van der Waals surface area contributed by atoms with Gasteiger partial charge in [-0.15, -0.1) is 0 Å². The zero-order valence-corrected chi connectivity index (χ0v) is 13.9. The number of carbonyl (C=O) groups is 1. The highest BCUT2D eigenvalue weighted by molar-refractivity contribution is 5.93. The third-order valence-corrected chi connectivity index (χ3v) is 4.70. The van der Waals surface area contributed by atoms with E-state index in [1.165, 1.54) is 0 Å². The fraction of sp³-hybridized carbons (Fsp3) is 0.529. The lowest BCUT2D eigenvalue weighted by atomic mass is 10.2. The number of hydrogen-bond acceptors (Lipinski definition) is 6. The summed E-state index contributed by atoms with van der Waals surface area (Å²) in [6, 6.07) is 1.75. The number of rotatable bonds is 4. The SMILES string of the molecule is O=C(c1cnc(C2CC2)nc1)N1CCCn2nc([C@@H](O)CO)cc2C1. The number of aliphatic hydroxyl groups is 2. The summed E-state index contributed by atoms with van der Waals surface area (Å²) in [7, 11) is 0. The fourth-order valence-corrected chi connectivity index (χ4v) is 3.10. The van der Waals surface area contributed by atoms with E-state index >= 15 is 0 Å². The van der Waals surface area contributed by atoms with Gasteiger partial charge < -0.3 is 15.1 Å². The molecule has 2 N–H and O–H groups in total. The summed E-state index contributed by atoms with van der Waals surface area (Å²) in [4.78, 5) is 23.2. The second-order valence-corrected chi connectivity index (χ2v) is 6.67. The Kier molecular flexibility index (Phi) is 4.22. The quantitative estimate of drug-likeness (QED) is 0.843. The van der Waals surface area contributed by atoms with Crippen molar-refractivity contribution >= 4 is 5.91 Å². The number of aliphatic hydroxyl groups excluding tert-OH is 2. The molecule has 1 fully saturated rings. The van der Waals surface area contributed by atoms with Gasteiger partial charge in [0.2, 0.25) is 0 Å². The number of hydrogen-bond donors (Lipinski definition) is 2. The average molecular weight is 343 g/mol. The molecule has 0 aromatic carbocycles. The molecule has 8 nitrogen and oxygen atoms in total. The van der Waals surface area contributed by atoms with Crippen LogP contribution in [0.3, 0.4) is 0 Å². The number of fused-ring (bicyclic) bond motifs is 1. The molecule has 2 aromatic rings. The molecule has 0 saturated heterocycles. The smallest absolute Gasteiger partial charge is 0.257 e. The van der Waals surface area contributed by atoms with Crippen LogP contribution >= 0.6 is 0 Å². The molecule has 3 heterocycles. The summed E-state index contributed by atoms with van der Waals surface area (Å²) in [6.45, 7) is 1.34. The van der Waals surface area contributed by atoms with E-state index in [1.807, 2.05) is 0 Å². The molecule has 132 valence electrons. The van der Waals surface area contributed by atoms with E-state index < -0.39 is 6.10 Å². The Labute approximate surface area is 145 Å². The fourth-order valence-electron chi connectivity index (χ4n) is 3.10. The highest BCUT2D eigenvalue weighted by Crippen LogP contribution is 2.37. The number of aromatic nitrogens is 4. The molecule has 25 heavy (non-hydrogen) atoms. The van der Waals surface area contributed by atoms with Gasteiger partial charge in [-0.3, -0.25) is 9.48 Å². The first-order valence-corrected chi connectivity index (χ1v) is 8.62. The largest absolute Gasteiger partial charge is 0.393 e. The molecule has 2 aliphatic rings. The Balaban J connectivity index is 1.51. The van der Waals surface area contributed by atoms with Crippen molar-refractivity contribution in [3.63, 3.8) is 0 Å². The molecule has 1 aliphatic heterocycles. The van der Waals surface area contributed by atoms with Gasteiger partial charge in [0.1, 0.15) is 11.9 Å². The standard InChI is InChI=1S/C17H21N5O3/c23-10-15(24)14-6-13-9-21(4-1-5-22(13)20-14)17(25)12-7-18-16(19-8-12)11-2-3-11/h6-8,11,15,23-24H,1-5,9-10H2/t15-/m0/s1. The number of nitrogens with zero attached hydrogens (tertiary/aromatic N) is 5. The van der Waals surface area contributed by atoms with Crippen molar-refractivity contribution in [2.75, 3.05) is 13.2 Å². The molecule has 4 rings (SSSR count). The monoisotopic (exact) mass is 343 g/mol. The van der Waals surface area contributed by atoms with E-state index in [0.29, 0.717) is 36.8 Å². The maximum absolute atomic E-state index is 12.8. The van der Waals surface area contributed by atoms with Crippen LogP contribution in [0.1, 0.15) is 58.9 Å². The summed E-state index contributed by atoms with van der Waals surface area (Å²) in [5, 5.41) is 23.2. The van der Waals surface area contributed by atoms with Crippen LogP contribution in [-0.2, 0) is 13.1 Å². The van der Waals surface area contributed by atoms with Gasteiger partial charge in [-0.25, -0.2) is 9.97 Å². The first-order valence-electron chi connectivity index (χ1n) is 8.62. The third kappa shape index (κ3) is 3.27. The minimum Gasteiger partial charge on any atom is -0.393 e. The van der Waals surface area contributed by atoms with Crippen LogP contribution in [-0.4, -0.2) is 53.9 Å². The molecule has 1 aliphatic carbocycles. The van der Waals surface area contributed by atoms with Gasteiger partial charge in [-0.2, -0.15) is 5.10 Å². The summed E-state index contributed by atoms with van der Waals surface area (Å²) in [5.41, 5.74) is 1.78. The average Bonchev–Trinajstić information content (AvgIpc) is 3.44. The number of carbonyl (C=O) groups excluding carboxylic acids is 1. The first kappa shape index (κ1) is 16.2. The minimum absolute atomic E-state index is 0.0961. The van der Waals surface area contributed by atoms with Gasteiger partial charge in [0, 0.05) is 31.4 Å². The lowest BCUT2D eigenvalue weighted by Gasteiger charge is -2.19. The second-order valence-electron chi connectivity index (χ2n) is 6.67. The normalized spacial score (nSPS) is 18.6. The van der Waals surface area contributed by atoms with E-state index in [-0.39, 0.29) is 12.5 Å². The highest BCUT2D eigenvalue weighted by Gasteiger charge is 2.27. The molecule has 0 unspecified atom stereocenters. The van der Waals surface area contributed by atoms with Gasteiger partial charge >= 0.3 is 0 Å². The van der Waals surface area contributed by atoms with Crippen LogP contribution in [0.4, 0.5) is 0 Å². The molecule has 0 spiro atoms. The zero-order valence-electron chi connectivity index (χ0n) is 13.9. The van der Waals surface area contributed by atoms with Crippen molar-refractivity contribution in [2.24, 2.45) is 0 Å². The predicted octanol–water partition coefficient (Wildman–Crippen LogP) is 0.622. The van der Waals surface area contributed by atoms with Crippen LogP contribution in [0, 0.1) is 0 Å². The van der Waals surface area contributed by atoms with Crippen molar-refractivity contribution in [1.29, 1.82) is 0 Å². The van der Waals surface area contributed by atoms with E-state index in [4.69, 9.17) is 5.11 Å². The molecule has 2 aromatic heterocycles. The molecular formula is C17H21N5O3. The molecule has 1 amide bonds. The van der Waals surface area contributed by atoms with Crippen molar-refractivity contribution < 1.29 is 15.0 Å². The van der Waals surface area contributed by atoms with E-state index in [9.17, 15) is 9.90 Å². The lowest BCUT2D eigenvalue weighted by Crippen LogP contribution is -2.31. The first-order chi connectivity index (χ1) is 12.2. The second kappa shape index (κ2) is 6.53. The number of amides is 1. The van der Waals surface area contributed by atoms with E-state index in [1.54, 1.807) is 28.0 Å². The van der Waals surface area contributed by atoms with Crippen LogP contribution < -0.4 is 0 Å². The van der Waals surface area contributed by atoms with E-state index in [2.05, 4.69) is 15.1 Å². The van der Waals surface area contributed by atoms with Gasteiger partial charge in [0.25, 0.3) is 5.91 Å². The van der Waals surface area contributed by atoms with Crippen LogP contribution in [0.2, 0.25) is 0 Å². The molecular weight excluding hydrogens is 322 g/mol. The summed E-state index contributed by atoms with van der Waals surface area (Å²) in [6.07, 6.45) is 5.28. The highest BCUT2D eigenvalue weighted by atomic mass is 16.3. The Morgan fingerprint density at radius 3 is 2.72 bits per heavy atom.